The lowest BCUT2D eigenvalue weighted by atomic mass is 9.55. The van der Waals surface area contributed by atoms with Gasteiger partial charge in [0.05, 0.1) is 5.41 Å². The van der Waals surface area contributed by atoms with Crippen molar-refractivity contribution in [3.05, 3.63) is 47.0 Å². The summed E-state index contributed by atoms with van der Waals surface area (Å²) in [5.41, 5.74) is 3.23. The molecule has 1 heteroatoms. The quantitative estimate of drug-likeness (QED) is 0.590. The van der Waals surface area contributed by atoms with Crippen LogP contribution < -0.4 is 0 Å². The van der Waals surface area contributed by atoms with Gasteiger partial charge in [-0.1, -0.05) is 55.5 Å². The number of allylic oxidation sites excluding steroid dienone is 2. The van der Waals surface area contributed by atoms with E-state index in [0.717, 1.165) is 24.8 Å². The zero-order valence-electron chi connectivity index (χ0n) is 12.9. The van der Waals surface area contributed by atoms with Crippen LogP contribution in [0.25, 0.3) is 0 Å². The van der Waals surface area contributed by atoms with Crippen LogP contribution in [0.2, 0.25) is 0 Å². The van der Waals surface area contributed by atoms with Crippen LogP contribution in [0, 0.1) is 17.8 Å². The van der Waals surface area contributed by atoms with E-state index in [2.05, 4.69) is 37.8 Å². The number of ketones is 1. The van der Waals surface area contributed by atoms with Gasteiger partial charge in [-0.2, -0.15) is 0 Å². The molecule has 1 aromatic carbocycles. The molecule has 0 spiro atoms. The first kappa shape index (κ1) is 14.1. The summed E-state index contributed by atoms with van der Waals surface area (Å²) in [6, 6.07) is 10.3. The minimum Gasteiger partial charge on any atom is -0.298 e. The molecule has 0 saturated heterocycles. The van der Waals surface area contributed by atoms with E-state index in [1.165, 1.54) is 17.6 Å². The Morgan fingerprint density at radius 1 is 1.24 bits per heavy atom. The number of hydrogen-bond donors (Lipinski definition) is 0. The zero-order chi connectivity index (χ0) is 14.9. The van der Waals surface area contributed by atoms with Crippen molar-refractivity contribution in [2.24, 2.45) is 5.92 Å². The van der Waals surface area contributed by atoms with Crippen molar-refractivity contribution >= 4 is 5.78 Å². The molecule has 2 unspecified atom stereocenters. The van der Waals surface area contributed by atoms with E-state index in [9.17, 15) is 4.79 Å². The molecular formula is C20H22O. The number of carbonyl (C=O) groups excluding carboxylic acids is 1. The molecule has 1 nitrogen and oxygen atoms in total. The van der Waals surface area contributed by atoms with Crippen LogP contribution in [-0.4, -0.2) is 5.78 Å². The molecule has 21 heavy (non-hydrogen) atoms. The van der Waals surface area contributed by atoms with E-state index in [1.54, 1.807) is 0 Å². The highest BCUT2D eigenvalue weighted by molar-refractivity contribution is 6.01. The predicted molar refractivity (Wildman–Crippen MR) is 85.9 cm³/mol. The van der Waals surface area contributed by atoms with E-state index < -0.39 is 0 Å². The highest BCUT2D eigenvalue weighted by Crippen LogP contribution is 2.58. The topological polar surface area (TPSA) is 17.1 Å². The van der Waals surface area contributed by atoms with Crippen LogP contribution in [-0.2, 0) is 10.2 Å². The molecule has 108 valence electrons. The van der Waals surface area contributed by atoms with Gasteiger partial charge in [0.15, 0.2) is 0 Å². The highest BCUT2D eigenvalue weighted by atomic mass is 16.1. The molecule has 1 fully saturated rings. The largest absolute Gasteiger partial charge is 0.298 e. The fourth-order valence-corrected chi connectivity index (χ4v) is 3.91. The molecule has 1 aromatic rings. The number of carbonyl (C=O) groups is 1. The van der Waals surface area contributed by atoms with E-state index in [-0.39, 0.29) is 5.41 Å². The lowest BCUT2D eigenvalue weighted by molar-refractivity contribution is -0.134. The summed E-state index contributed by atoms with van der Waals surface area (Å²) in [7, 11) is 0. The summed E-state index contributed by atoms with van der Waals surface area (Å²) in [6.45, 7) is 4.30. The second-order valence-electron chi connectivity index (χ2n) is 6.21. The van der Waals surface area contributed by atoms with Gasteiger partial charge in [-0.05, 0) is 36.8 Å². The van der Waals surface area contributed by atoms with E-state index in [4.69, 9.17) is 0 Å². The number of Topliss-reactive ketones (excluding diaryl/α,β-unsaturated/α-hetero) is 1. The van der Waals surface area contributed by atoms with Gasteiger partial charge in [-0.25, -0.2) is 0 Å². The van der Waals surface area contributed by atoms with Crippen LogP contribution in [0.1, 0.15) is 51.5 Å². The number of hydrogen-bond acceptors (Lipinski definition) is 1. The van der Waals surface area contributed by atoms with Gasteiger partial charge >= 0.3 is 0 Å². The third kappa shape index (κ3) is 2.05. The summed E-state index contributed by atoms with van der Waals surface area (Å²) in [4.78, 5) is 12.5. The van der Waals surface area contributed by atoms with E-state index >= 15 is 0 Å². The first-order valence-electron chi connectivity index (χ1n) is 7.99. The van der Waals surface area contributed by atoms with Gasteiger partial charge in [0.1, 0.15) is 5.78 Å². The average molecular weight is 278 g/mol. The second kappa shape index (κ2) is 5.53. The van der Waals surface area contributed by atoms with Crippen LogP contribution >= 0.6 is 0 Å². The predicted octanol–water partition coefficient (Wildman–Crippen LogP) is 4.43. The summed E-state index contributed by atoms with van der Waals surface area (Å²) in [5.74, 6) is 7.46. The molecule has 0 aliphatic heterocycles. The Balaban J connectivity index is 1.96. The van der Waals surface area contributed by atoms with Gasteiger partial charge in [0.2, 0.25) is 0 Å². The molecule has 2 atom stereocenters. The Bertz CT molecular complexity index is 641. The fourth-order valence-electron chi connectivity index (χ4n) is 3.91. The van der Waals surface area contributed by atoms with Crippen LogP contribution in [0.5, 0.6) is 0 Å². The van der Waals surface area contributed by atoms with Gasteiger partial charge in [0, 0.05) is 18.4 Å². The molecule has 0 amide bonds. The molecule has 0 radical (unpaired) electrons. The highest BCUT2D eigenvalue weighted by Gasteiger charge is 2.60. The molecule has 3 rings (SSSR count). The molecule has 0 heterocycles. The summed E-state index contributed by atoms with van der Waals surface area (Å²) in [5, 5.41) is 0. The first-order chi connectivity index (χ1) is 10.2. The molecule has 0 bridgehead atoms. The van der Waals surface area contributed by atoms with Crippen molar-refractivity contribution in [1.29, 1.82) is 0 Å². The summed E-state index contributed by atoms with van der Waals surface area (Å²) in [6.07, 6.45) is 5.00. The summed E-state index contributed by atoms with van der Waals surface area (Å²) < 4.78 is 0. The Morgan fingerprint density at radius 3 is 2.67 bits per heavy atom. The van der Waals surface area contributed by atoms with Gasteiger partial charge in [-0.3, -0.25) is 4.79 Å². The lowest BCUT2D eigenvalue weighted by Crippen LogP contribution is -2.51. The van der Waals surface area contributed by atoms with Crippen LogP contribution in [0.4, 0.5) is 0 Å². The normalized spacial score (nSPS) is 27.0. The number of fused-ring (bicyclic) bond motifs is 1. The second-order valence-corrected chi connectivity index (χ2v) is 6.21. The van der Waals surface area contributed by atoms with Gasteiger partial charge in [-0.15, -0.1) is 0 Å². The van der Waals surface area contributed by atoms with Crippen molar-refractivity contribution in [3.63, 3.8) is 0 Å². The minimum absolute atomic E-state index is 0.351. The maximum absolute atomic E-state index is 12.5. The van der Waals surface area contributed by atoms with Crippen molar-refractivity contribution in [1.82, 2.24) is 0 Å². The SMILES string of the molecule is CCCCC#CC1=C(C)C2(c3ccccc3)C(=O)CC2C1. The Morgan fingerprint density at radius 2 is 2.00 bits per heavy atom. The van der Waals surface area contributed by atoms with Crippen LogP contribution in [0.3, 0.4) is 0 Å². The lowest BCUT2D eigenvalue weighted by Gasteiger charge is -2.45. The summed E-state index contributed by atoms with van der Waals surface area (Å²) >= 11 is 0. The van der Waals surface area contributed by atoms with E-state index in [1.807, 2.05) is 18.2 Å². The molecule has 0 aromatic heterocycles. The standard InChI is InChI=1S/C20H22O/c1-3-4-5-7-10-16-13-18-14-19(21)20(18,15(16)2)17-11-8-6-9-12-17/h6,8-9,11-12,18H,3-5,13-14H2,1-2H3. The van der Waals surface area contributed by atoms with Gasteiger partial charge in [0.25, 0.3) is 0 Å². The smallest absolute Gasteiger partial charge is 0.148 e. The zero-order valence-corrected chi connectivity index (χ0v) is 12.9. The Hall–Kier alpha value is -1.81. The molecular weight excluding hydrogens is 256 g/mol. The molecule has 2 aliphatic carbocycles. The number of rotatable bonds is 3. The van der Waals surface area contributed by atoms with Crippen molar-refractivity contribution in [2.45, 2.75) is 51.4 Å². The monoisotopic (exact) mass is 278 g/mol. The molecule has 2 aliphatic rings. The first-order valence-corrected chi connectivity index (χ1v) is 7.99. The van der Waals surface area contributed by atoms with Crippen LogP contribution in [0.15, 0.2) is 41.5 Å². The molecule has 1 saturated carbocycles. The minimum atomic E-state index is -0.351. The fraction of sp³-hybridized carbons (Fsp3) is 0.450. The number of benzene rings is 1. The maximum Gasteiger partial charge on any atom is 0.148 e. The third-order valence-electron chi connectivity index (χ3n) is 5.10. The third-order valence-corrected chi connectivity index (χ3v) is 5.10. The van der Waals surface area contributed by atoms with Crippen molar-refractivity contribution in [3.8, 4) is 11.8 Å². The molecule has 0 N–H and O–H groups in total. The average Bonchev–Trinajstić information content (AvgIpc) is 2.72. The number of unbranched alkanes of at least 4 members (excludes halogenated alkanes) is 2. The Labute approximate surface area is 127 Å². The Kier molecular flexibility index (Phi) is 3.72. The maximum atomic E-state index is 12.5. The van der Waals surface area contributed by atoms with Gasteiger partial charge < -0.3 is 0 Å². The van der Waals surface area contributed by atoms with Crippen molar-refractivity contribution in [2.75, 3.05) is 0 Å². The van der Waals surface area contributed by atoms with Crippen molar-refractivity contribution < 1.29 is 4.79 Å². The van der Waals surface area contributed by atoms with E-state index in [0.29, 0.717) is 18.1 Å².